The van der Waals surface area contributed by atoms with E-state index in [9.17, 15) is 5.11 Å². The predicted octanol–water partition coefficient (Wildman–Crippen LogP) is 3.58. The van der Waals surface area contributed by atoms with Crippen molar-refractivity contribution in [3.8, 4) is 6.07 Å². The van der Waals surface area contributed by atoms with Crippen LogP contribution in [-0.2, 0) is 6.42 Å². The first-order chi connectivity index (χ1) is 17.8. The van der Waals surface area contributed by atoms with E-state index in [1.54, 1.807) is 43.0 Å². The molecule has 4 aromatic rings. The largest absolute Gasteiger partial charge is 0.390 e. The topological polar surface area (TPSA) is 140 Å². The molecule has 0 aliphatic carbocycles. The fourth-order valence-corrected chi connectivity index (χ4v) is 4.35. The number of rotatable bonds is 7. The summed E-state index contributed by atoms with van der Waals surface area (Å²) in [5.41, 5.74) is 1.10. The van der Waals surface area contributed by atoms with E-state index in [1.807, 2.05) is 18.2 Å². The normalized spacial score (nSPS) is 14.5. The van der Waals surface area contributed by atoms with Gasteiger partial charge in [-0.1, -0.05) is 11.6 Å². The van der Waals surface area contributed by atoms with Crippen LogP contribution in [0, 0.1) is 11.3 Å². The standard InChI is InChI=1S/C25H27ClN10O/c1-25(2,37)11-20-32-22-6-4-18(15-36(22)34-20)31-24-29-14-19(26)23(33-24)30-17-7-9-35(10-8-17)21-5-3-16(12-27)13-28-21/h3-6,13-15,17,37H,7-11H2,1-2H3,(H2,29,30,31,33). The first-order valence-electron chi connectivity index (χ1n) is 12.0. The zero-order valence-corrected chi connectivity index (χ0v) is 21.3. The molecule has 1 saturated heterocycles. The van der Waals surface area contributed by atoms with E-state index in [-0.39, 0.29) is 6.04 Å². The lowest BCUT2D eigenvalue weighted by Crippen LogP contribution is -2.39. The van der Waals surface area contributed by atoms with Gasteiger partial charge in [0.2, 0.25) is 5.95 Å². The molecule has 1 aliphatic rings. The Labute approximate surface area is 219 Å². The summed E-state index contributed by atoms with van der Waals surface area (Å²) in [5.74, 6) is 2.42. The third kappa shape index (κ3) is 6.04. The number of piperidine rings is 1. The molecule has 1 aliphatic heterocycles. The van der Waals surface area contributed by atoms with Crippen LogP contribution in [0.2, 0.25) is 5.02 Å². The van der Waals surface area contributed by atoms with Crippen molar-refractivity contribution >= 4 is 40.5 Å². The number of pyridine rings is 2. The molecule has 0 radical (unpaired) electrons. The molecule has 11 nitrogen and oxygen atoms in total. The Bertz CT molecular complexity index is 1430. The molecule has 4 aromatic heterocycles. The van der Waals surface area contributed by atoms with Crippen LogP contribution in [0.25, 0.3) is 5.65 Å². The van der Waals surface area contributed by atoms with E-state index in [4.69, 9.17) is 16.9 Å². The summed E-state index contributed by atoms with van der Waals surface area (Å²) >= 11 is 6.40. The summed E-state index contributed by atoms with van der Waals surface area (Å²) in [5, 5.41) is 30.6. The second kappa shape index (κ2) is 10.2. The van der Waals surface area contributed by atoms with Crippen molar-refractivity contribution in [2.75, 3.05) is 28.6 Å². The summed E-state index contributed by atoms with van der Waals surface area (Å²) in [6, 6.07) is 9.69. The summed E-state index contributed by atoms with van der Waals surface area (Å²) in [7, 11) is 0. The maximum atomic E-state index is 10.0. The molecular formula is C25H27ClN10O. The Hall–Kier alpha value is -4.01. The van der Waals surface area contributed by atoms with Crippen molar-refractivity contribution in [2.45, 2.75) is 44.8 Å². The molecule has 190 valence electrons. The number of anilines is 4. The monoisotopic (exact) mass is 518 g/mol. The quantitative estimate of drug-likeness (QED) is 0.332. The molecule has 0 bridgehead atoms. The number of aromatic nitrogens is 6. The molecule has 0 unspecified atom stereocenters. The Balaban J connectivity index is 1.22. The summed E-state index contributed by atoms with van der Waals surface area (Å²) in [6.45, 7) is 5.12. The highest BCUT2D eigenvalue weighted by Gasteiger charge is 2.22. The second-order valence-corrected chi connectivity index (χ2v) is 10.1. The molecule has 0 aromatic carbocycles. The molecule has 1 fully saturated rings. The van der Waals surface area contributed by atoms with Crippen LogP contribution in [-0.4, -0.2) is 59.4 Å². The molecule has 37 heavy (non-hydrogen) atoms. The van der Waals surface area contributed by atoms with Crippen LogP contribution in [0.15, 0.2) is 42.9 Å². The molecule has 5 rings (SSSR count). The van der Waals surface area contributed by atoms with E-state index >= 15 is 0 Å². The van der Waals surface area contributed by atoms with E-state index < -0.39 is 5.60 Å². The molecule has 0 amide bonds. The molecule has 12 heteroatoms. The van der Waals surface area contributed by atoms with Gasteiger partial charge >= 0.3 is 0 Å². The number of hydrogen-bond donors (Lipinski definition) is 3. The third-order valence-electron chi connectivity index (χ3n) is 6.00. The minimum atomic E-state index is -0.885. The van der Waals surface area contributed by atoms with Crippen molar-refractivity contribution in [1.29, 1.82) is 5.26 Å². The van der Waals surface area contributed by atoms with Crippen LogP contribution in [0.4, 0.5) is 23.3 Å². The molecule has 3 N–H and O–H groups in total. The van der Waals surface area contributed by atoms with Gasteiger partial charge in [0.1, 0.15) is 16.9 Å². The Morgan fingerprint density at radius 3 is 2.65 bits per heavy atom. The van der Waals surface area contributed by atoms with E-state index in [0.29, 0.717) is 40.2 Å². The van der Waals surface area contributed by atoms with Crippen LogP contribution >= 0.6 is 11.6 Å². The van der Waals surface area contributed by atoms with Crippen LogP contribution in [0.1, 0.15) is 38.1 Å². The van der Waals surface area contributed by atoms with Gasteiger partial charge in [-0.05, 0) is 51.0 Å². The number of nitriles is 1. The van der Waals surface area contributed by atoms with Crippen molar-refractivity contribution in [2.24, 2.45) is 0 Å². The van der Waals surface area contributed by atoms with E-state index in [1.165, 1.54) is 0 Å². The number of aliphatic hydroxyl groups is 1. The van der Waals surface area contributed by atoms with E-state index in [0.717, 1.165) is 37.4 Å². The number of nitrogens with one attached hydrogen (secondary N) is 2. The molecule has 0 saturated carbocycles. The maximum Gasteiger partial charge on any atom is 0.229 e. The summed E-state index contributed by atoms with van der Waals surface area (Å²) in [6.07, 6.45) is 7.11. The van der Waals surface area contributed by atoms with Crippen LogP contribution < -0.4 is 15.5 Å². The number of fused-ring (bicyclic) bond motifs is 1. The molecular weight excluding hydrogens is 492 g/mol. The fraction of sp³-hybridized carbons (Fsp3) is 0.360. The highest BCUT2D eigenvalue weighted by Crippen LogP contribution is 2.26. The third-order valence-corrected chi connectivity index (χ3v) is 6.28. The van der Waals surface area contributed by atoms with Gasteiger partial charge in [0.15, 0.2) is 17.3 Å². The van der Waals surface area contributed by atoms with Crippen molar-refractivity contribution in [3.05, 3.63) is 59.3 Å². The lowest BCUT2D eigenvalue weighted by molar-refractivity contribution is 0.0788. The zero-order valence-electron chi connectivity index (χ0n) is 20.6. The highest BCUT2D eigenvalue weighted by molar-refractivity contribution is 6.32. The lowest BCUT2D eigenvalue weighted by atomic mass is 10.0. The van der Waals surface area contributed by atoms with E-state index in [2.05, 4.69) is 46.6 Å². The van der Waals surface area contributed by atoms with Crippen molar-refractivity contribution in [1.82, 2.24) is 29.5 Å². The van der Waals surface area contributed by atoms with Gasteiger partial charge in [0.25, 0.3) is 0 Å². The molecule has 0 spiro atoms. The number of halogens is 1. The van der Waals surface area contributed by atoms with Gasteiger partial charge in [0, 0.05) is 31.7 Å². The Morgan fingerprint density at radius 1 is 1.14 bits per heavy atom. The first kappa shape index (κ1) is 24.7. The van der Waals surface area contributed by atoms with Crippen LogP contribution in [0.3, 0.4) is 0 Å². The van der Waals surface area contributed by atoms with Gasteiger partial charge < -0.3 is 20.6 Å². The van der Waals surface area contributed by atoms with Crippen LogP contribution in [0.5, 0.6) is 0 Å². The minimum Gasteiger partial charge on any atom is -0.390 e. The SMILES string of the molecule is CC(C)(O)Cc1nc2ccc(Nc3ncc(Cl)c(NC4CCN(c5ccc(C#N)cn5)CC4)n3)cn2n1. The molecule has 5 heterocycles. The predicted molar refractivity (Wildman–Crippen MR) is 141 cm³/mol. The smallest absolute Gasteiger partial charge is 0.229 e. The van der Waals surface area contributed by atoms with Gasteiger partial charge in [-0.2, -0.15) is 15.3 Å². The summed E-state index contributed by atoms with van der Waals surface area (Å²) < 4.78 is 1.66. The average Bonchev–Trinajstić information content (AvgIpc) is 3.26. The van der Waals surface area contributed by atoms with Gasteiger partial charge in [-0.3, -0.25) is 0 Å². The highest BCUT2D eigenvalue weighted by atomic mass is 35.5. The fourth-order valence-electron chi connectivity index (χ4n) is 4.21. The minimum absolute atomic E-state index is 0.204. The number of hydrogen-bond acceptors (Lipinski definition) is 10. The molecule has 0 atom stereocenters. The van der Waals surface area contributed by atoms with Gasteiger partial charge in [-0.25, -0.2) is 19.5 Å². The summed E-state index contributed by atoms with van der Waals surface area (Å²) in [4.78, 5) is 20.0. The zero-order chi connectivity index (χ0) is 26.0. The first-order valence-corrected chi connectivity index (χ1v) is 12.4. The van der Waals surface area contributed by atoms with Crippen molar-refractivity contribution in [3.63, 3.8) is 0 Å². The van der Waals surface area contributed by atoms with Gasteiger partial charge in [-0.15, -0.1) is 0 Å². The average molecular weight is 519 g/mol. The van der Waals surface area contributed by atoms with Crippen molar-refractivity contribution < 1.29 is 5.11 Å². The lowest BCUT2D eigenvalue weighted by Gasteiger charge is -2.33. The van der Waals surface area contributed by atoms with Gasteiger partial charge in [0.05, 0.1) is 29.2 Å². The number of nitrogens with zero attached hydrogens (tertiary/aromatic N) is 8. The maximum absolute atomic E-state index is 10.0. The Kier molecular flexibility index (Phi) is 6.78. The second-order valence-electron chi connectivity index (χ2n) is 9.68. The Morgan fingerprint density at radius 2 is 1.95 bits per heavy atom.